The summed E-state index contributed by atoms with van der Waals surface area (Å²) in [5, 5.41) is 3.27. The average Bonchev–Trinajstić information content (AvgIpc) is 2.46. The first kappa shape index (κ1) is 15.9. The van der Waals surface area contributed by atoms with Gasteiger partial charge in [0.15, 0.2) is 6.61 Å². The van der Waals surface area contributed by atoms with E-state index in [-0.39, 0.29) is 12.5 Å². The quantitative estimate of drug-likeness (QED) is 0.862. The molecule has 0 heterocycles. The summed E-state index contributed by atoms with van der Waals surface area (Å²) in [7, 11) is 0. The van der Waals surface area contributed by atoms with Crippen molar-refractivity contribution < 1.29 is 9.53 Å². The molecule has 0 aliphatic carbocycles. The van der Waals surface area contributed by atoms with Gasteiger partial charge >= 0.3 is 0 Å². The zero-order valence-corrected chi connectivity index (χ0v) is 13.9. The van der Waals surface area contributed by atoms with E-state index in [0.717, 1.165) is 10.0 Å². The van der Waals surface area contributed by atoms with Crippen LogP contribution in [0.4, 0.5) is 0 Å². The topological polar surface area (TPSA) is 38.3 Å². The SMILES string of the molecule is Cc1ccc(CNC(=O)COc2ccc(Br)cc2Cl)cc1. The van der Waals surface area contributed by atoms with Crippen molar-refractivity contribution >= 4 is 33.4 Å². The van der Waals surface area contributed by atoms with Crippen LogP contribution in [0.15, 0.2) is 46.9 Å². The Hall–Kier alpha value is -1.52. The van der Waals surface area contributed by atoms with Crippen LogP contribution in [-0.4, -0.2) is 12.5 Å². The minimum absolute atomic E-state index is 0.0623. The number of carbonyl (C=O) groups is 1. The van der Waals surface area contributed by atoms with Gasteiger partial charge in [-0.05, 0) is 30.7 Å². The molecule has 5 heteroatoms. The Morgan fingerprint density at radius 1 is 1.24 bits per heavy atom. The molecule has 0 saturated carbocycles. The molecule has 2 aromatic rings. The molecular formula is C16H15BrClNO2. The van der Waals surface area contributed by atoms with Crippen LogP contribution in [-0.2, 0) is 11.3 Å². The molecule has 2 rings (SSSR count). The number of hydrogen-bond acceptors (Lipinski definition) is 2. The second-order valence-corrected chi connectivity index (χ2v) is 5.95. The third-order valence-electron chi connectivity index (χ3n) is 2.86. The minimum atomic E-state index is -0.186. The molecule has 0 aliphatic heterocycles. The van der Waals surface area contributed by atoms with Crippen LogP contribution < -0.4 is 10.1 Å². The fourth-order valence-electron chi connectivity index (χ4n) is 1.69. The van der Waals surface area contributed by atoms with Crippen molar-refractivity contribution in [1.29, 1.82) is 0 Å². The number of rotatable bonds is 5. The third-order valence-corrected chi connectivity index (χ3v) is 3.65. The van der Waals surface area contributed by atoms with Gasteiger partial charge in [0.05, 0.1) is 5.02 Å². The molecule has 2 aromatic carbocycles. The summed E-state index contributed by atoms with van der Waals surface area (Å²) in [5.41, 5.74) is 2.24. The number of nitrogens with one attached hydrogen (secondary N) is 1. The van der Waals surface area contributed by atoms with Crippen molar-refractivity contribution in [2.24, 2.45) is 0 Å². The van der Waals surface area contributed by atoms with Crippen molar-refractivity contribution in [2.45, 2.75) is 13.5 Å². The summed E-state index contributed by atoms with van der Waals surface area (Å²) in [6, 6.07) is 13.3. The molecule has 1 amide bonds. The largest absolute Gasteiger partial charge is 0.482 e. The second kappa shape index (κ2) is 7.48. The van der Waals surface area contributed by atoms with Gasteiger partial charge in [0.2, 0.25) is 0 Å². The number of halogens is 2. The van der Waals surface area contributed by atoms with Crippen LogP contribution in [0.5, 0.6) is 5.75 Å². The normalized spacial score (nSPS) is 10.2. The maximum atomic E-state index is 11.7. The van der Waals surface area contributed by atoms with Crippen LogP contribution in [0.3, 0.4) is 0 Å². The molecule has 1 N–H and O–H groups in total. The van der Waals surface area contributed by atoms with Gasteiger partial charge in [-0.3, -0.25) is 4.79 Å². The lowest BCUT2D eigenvalue weighted by atomic mass is 10.1. The molecule has 3 nitrogen and oxygen atoms in total. The van der Waals surface area contributed by atoms with Gasteiger partial charge in [-0.1, -0.05) is 57.4 Å². The number of ether oxygens (including phenoxy) is 1. The van der Waals surface area contributed by atoms with E-state index in [4.69, 9.17) is 16.3 Å². The Morgan fingerprint density at radius 2 is 1.95 bits per heavy atom. The maximum Gasteiger partial charge on any atom is 0.258 e. The fourth-order valence-corrected chi connectivity index (χ4v) is 2.42. The second-order valence-electron chi connectivity index (χ2n) is 4.63. The zero-order valence-electron chi connectivity index (χ0n) is 11.5. The maximum absolute atomic E-state index is 11.7. The van der Waals surface area contributed by atoms with Gasteiger partial charge < -0.3 is 10.1 Å². The van der Waals surface area contributed by atoms with E-state index in [0.29, 0.717) is 17.3 Å². The summed E-state index contributed by atoms with van der Waals surface area (Å²) < 4.78 is 6.26. The summed E-state index contributed by atoms with van der Waals surface area (Å²) in [4.78, 5) is 11.7. The monoisotopic (exact) mass is 367 g/mol. The van der Waals surface area contributed by atoms with E-state index in [9.17, 15) is 4.79 Å². The van der Waals surface area contributed by atoms with Gasteiger partial charge in [-0.25, -0.2) is 0 Å². The number of aryl methyl sites for hydroxylation is 1. The molecule has 0 spiro atoms. The van der Waals surface area contributed by atoms with Crippen LogP contribution in [0.1, 0.15) is 11.1 Å². The van der Waals surface area contributed by atoms with E-state index in [1.807, 2.05) is 37.3 Å². The minimum Gasteiger partial charge on any atom is -0.482 e. The van der Waals surface area contributed by atoms with Crippen LogP contribution in [0.25, 0.3) is 0 Å². The van der Waals surface area contributed by atoms with Gasteiger partial charge in [0.1, 0.15) is 5.75 Å². The van der Waals surface area contributed by atoms with Crippen LogP contribution in [0.2, 0.25) is 5.02 Å². The van der Waals surface area contributed by atoms with E-state index >= 15 is 0 Å². The standard InChI is InChI=1S/C16H15BrClNO2/c1-11-2-4-12(5-3-11)9-19-16(20)10-21-15-7-6-13(17)8-14(15)18/h2-8H,9-10H2,1H3,(H,19,20). The first-order valence-electron chi connectivity index (χ1n) is 6.44. The Bertz CT molecular complexity index is 629. The zero-order chi connectivity index (χ0) is 15.2. The number of hydrogen-bond donors (Lipinski definition) is 1. The fraction of sp³-hybridized carbons (Fsp3) is 0.188. The Kier molecular flexibility index (Phi) is 5.65. The van der Waals surface area contributed by atoms with Crippen molar-refractivity contribution in [3.63, 3.8) is 0 Å². The van der Waals surface area contributed by atoms with E-state index < -0.39 is 0 Å². The summed E-state index contributed by atoms with van der Waals surface area (Å²) >= 11 is 9.33. The van der Waals surface area contributed by atoms with Gasteiger partial charge in [0.25, 0.3) is 5.91 Å². The molecule has 0 bridgehead atoms. The molecule has 0 aromatic heterocycles. The Labute approximate surface area is 137 Å². The molecule has 110 valence electrons. The summed E-state index contributed by atoms with van der Waals surface area (Å²) in [6.45, 7) is 2.45. The highest BCUT2D eigenvalue weighted by Gasteiger charge is 2.06. The lowest BCUT2D eigenvalue weighted by Gasteiger charge is -2.09. The van der Waals surface area contributed by atoms with Crippen molar-refractivity contribution in [1.82, 2.24) is 5.32 Å². The summed E-state index contributed by atoms with van der Waals surface area (Å²) in [6.07, 6.45) is 0. The van der Waals surface area contributed by atoms with E-state index in [1.165, 1.54) is 5.56 Å². The average molecular weight is 369 g/mol. The summed E-state index contributed by atoms with van der Waals surface area (Å²) in [5.74, 6) is 0.305. The smallest absolute Gasteiger partial charge is 0.258 e. The van der Waals surface area contributed by atoms with E-state index in [2.05, 4.69) is 21.2 Å². The lowest BCUT2D eigenvalue weighted by molar-refractivity contribution is -0.123. The Morgan fingerprint density at radius 3 is 2.62 bits per heavy atom. The number of benzene rings is 2. The van der Waals surface area contributed by atoms with Crippen molar-refractivity contribution in [3.8, 4) is 5.75 Å². The highest BCUT2D eigenvalue weighted by Crippen LogP contribution is 2.27. The highest BCUT2D eigenvalue weighted by molar-refractivity contribution is 9.10. The van der Waals surface area contributed by atoms with E-state index in [1.54, 1.807) is 12.1 Å². The van der Waals surface area contributed by atoms with Gasteiger partial charge in [0, 0.05) is 11.0 Å². The Balaban J connectivity index is 1.80. The van der Waals surface area contributed by atoms with Crippen molar-refractivity contribution in [3.05, 3.63) is 63.1 Å². The molecule has 21 heavy (non-hydrogen) atoms. The molecule has 0 radical (unpaired) electrons. The first-order valence-corrected chi connectivity index (χ1v) is 7.62. The number of carbonyl (C=O) groups excluding carboxylic acids is 1. The van der Waals surface area contributed by atoms with Crippen LogP contribution >= 0.6 is 27.5 Å². The molecule has 0 unspecified atom stereocenters. The lowest BCUT2D eigenvalue weighted by Crippen LogP contribution is -2.28. The predicted molar refractivity (Wildman–Crippen MR) is 87.7 cm³/mol. The van der Waals surface area contributed by atoms with Crippen molar-refractivity contribution in [2.75, 3.05) is 6.61 Å². The molecule has 0 fully saturated rings. The first-order chi connectivity index (χ1) is 10.0. The van der Waals surface area contributed by atoms with Gasteiger partial charge in [-0.15, -0.1) is 0 Å². The number of amides is 1. The third kappa shape index (κ3) is 5.06. The molecular weight excluding hydrogens is 354 g/mol. The predicted octanol–water partition coefficient (Wildman–Crippen LogP) is 4.11. The van der Waals surface area contributed by atoms with Gasteiger partial charge in [-0.2, -0.15) is 0 Å². The molecule has 0 atom stereocenters. The van der Waals surface area contributed by atoms with Crippen LogP contribution in [0, 0.1) is 6.92 Å². The molecule has 0 saturated heterocycles. The highest BCUT2D eigenvalue weighted by atomic mass is 79.9. The molecule has 0 aliphatic rings.